The SMILES string of the molecule is C/C(=N/O)c1ccc(-c2ccc(/C(C)=N/O)cc2)cc1. The molecular formula is C16H16N2O2. The second-order valence-corrected chi connectivity index (χ2v) is 4.53. The lowest BCUT2D eigenvalue weighted by Crippen LogP contribution is -1.95. The van der Waals surface area contributed by atoms with E-state index >= 15 is 0 Å². The lowest BCUT2D eigenvalue weighted by molar-refractivity contribution is 0.319. The van der Waals surface area contributed by atoms with Crippen LogP contribution in [0.2, 0.25) is 0 Å². The first-order chi connectivity index (χ1) is 9.65. The van der Waals surface area contributed by atoms with E-state index in [1.54, 1.807) is 13.8 Å². The van der Waals surface area contributed by atoms with Crippen molar-refractivity contribution >= 4 is 11.4 Å². The molecule has 0 saturated heterocycles. The van der Waals surface area contributed by atoms with Crippen LogP contribution in [0.5, 0.6) is 0 Å². The van der Waals surface area contributed by atoms with Crippen LogP contribution in [0.4, 0.5) is 0 Å². The maximum Gasteiger partial charge on any atom is 0.0836 e. The summed E-state index contributed by atoms with van der Waals surface area (Å²) < 4.78 is 0. The van der Waals surface area contributed by atoms with Crippen LogP contribution in [0, 0.1) is 0 Å². The lowest BCUT2D eigenvalue weighted by Gasteiger charge is -2.05. The third kappa shape index (κ3) is 2.85. The molecule has 0 radical (unpaired) electrons. The predicted octanol–water partition coefficient (Wildman–Crippen LogP) is 3.75. The smallest absolute Gasteiger partial charge is 0.0836 e. The standard InChI is InChI=1S/C16H16N2O2/c1-11(17-19)13-3-7-15(8-4-13)16-9-5-14(6-10-16)12(2)18-20/h3-10,19-20H,1-2H3/b17-11-,18-12+. The van der Waals surface area contributed by atoms with Crippen LogP contribution in [0.25, 0.3) is 11.1 Å². The number of benzene rings is 2. The molecule has 0 bridgehead atoms. The van der Waals surface area contributed by atoms with Crippen molar-refractivity contribution in [2.24, 2.45) is 10.3 Å². The minimum absolute atomic E-state index is 0.585. The molecule has 0 heterocycles. The molecular weight excluding hydrogens is 252 g/mol. The molecule has 0 amide bonds. The highest BCUT2D eigenvalue weighted by atomic mass is 16.4. The third-order valence-electron chi connectivity index (χ3n) is 3.24. The largest absolute Gasteiger partial charge is 0.411 e. The Hall–Kier alpha value is -2.62. The number of hydrogen-bond acceptors (Lipinski definition) is 4. The zero-order valence-corrected chi connectivity index (χ0v) is 11.4. The van der Waals surface area contributed by atoms with Crippen molar-refractivity contribution in [3.63, 3.8) is 0 Å². The predicted molar refractivity (Wildman–Crippen MR) is 79.9 cm³/mol. The van der Waals surface area contributed by atoms with Crippen LogP contribution < -0.4 is 0 Å². The summed E-state index contributed by atoms with van der Waals surface area (Å²) in [7, 11) is 0. The van der Waals surface area contributed by atoms with E-state index in [9.17, 15) is 0 Å². The van der Waals surface area contributed by atoms with Crippen LogP contribution >= 0.6 is 0 Å². The fourth-order valence-electron chi connectivity index (χ4n) is 1.92. The Morgan fingerprint density at radius 1 is 0.650 bits per heavy atom. The molecule has 0 aliphatic carbocycles. The molecule has 2 N–H and O–H groups in total. The molecule has 102 valence electrons. The molecule has 4 nitrogen and oxygen atoms in total. The van der Waals surface area contributed by atoms with Gasteiger partial charge in [0.2, 0.25) is 0 Å². The first-order valence-corrected chi connectivity index (χ1v) is 6.24. The first kappa shape index (κ1) is 13.8. The van der Waals surface area contributed by atoms with Gasteiger partial charge in [0.05, 0.1) is 11.4 Å². The van der Waals surface area contributed by atoms with E-state index in [1.165, 1.54) is 0 Å². The van der Waals surface area contributed by atoms with E-state index in [2.05, 4.69) is 10.3 Å². The summed E-state index contributed by atoms with van der Waals surface area (Å²) >= 11 is 0. The van der Waals surface area contributed by atoms with Crippen molar-refractivity contribution < 1.29 is 10.4 Å². The summed E-state index contributed by atoms with van der Waals surface area (Å²) in [5, 5.41) is 23.8. The van der Waals surface area contributed by atoms with Crippen LogP contribution in [0.15, 0.2) is 58.8 Å². The third-order valence-corrected chi connectivity index (χ3v) is 3.24. The maximum atomic E-state index is 8.74. The van der Waals surface area contributed by atoms with Crippen molar-refractivity contribution in [2.45, 2.75) is 13.8 Å². The normalized spacial score (nSPS) is 12.5. The fraction of sp³-hybridized carbons (Fsp3) is 0.125. The maximum absolute atomic E-state index is 8.74. The van der Waals surface area contributed by atoms with Gasteiger partial charge in [-0.3, -0.25) is 0 Å². The van der Waals surface area contributed by atoms with Crippen LogP contribution in [0.1, 0.15) is 25.0 Å². The molecule has 2 aromatic rings. The molecule has 0 atom stereocenters. The van der Waals surface area contributed by atoms with E-state index < -0.39 is 0 Å². The van der Waals surface area contributed by atoms with Crippen LogP contribution in [0.3, 0.4) is 0 Å². The van der Waals surface area contributed by atoms with Gasteiger partial charge in [-0.1, -0.05) is 58.8 Å². The second kappa shape index (κ2) is 6.02. The Morgan fingerprint density at radius 2 is 0.950 bits per heavy atom. The van der Waals surface area contributed by atoms with Gasteiger partial charge >= 0.3 is 0 Å². The summed E-state index contributed by atoms with van der Waals surface area (Å²) in [5.74, 6) is 0. The Morgan fingerprint density at radius 3 is 1.20 bits per heavy atom. The van der Waals surface area contributed by atoms with Crippen molar-refractivity contribution in [2.75, 3.05) is 0 Å². The van der Waals surface area contributed by atoms with Crippen molar-refractivity contribution in [1.82, 2.24) is 0 Å². The molecule has 0 fully saturated rings. The van der Waals surface area contributed by atoms with Crippen molar-refractivity contribution in [1.29, 1.82) is 0 Å². The van der Waals surface area contributed by atoms with Gasteiger partial charge in [-0.2, -0.15) is 0 Å². The minimum Gasteiger partial charge on any atom is -0.411 e. The number of nitrogens with zero attached hydrogens (tertiary/aromatic N) is 2. The average molecular weight is 268 g/mol. The topological polar surface area (TPSA) is 65.2 Å². The highest BCUT2D eigenvalue weighted by molar-refractivity contribution is 5.99. The molecule has 0 spiro atoms. The summed E-state index contributed by atoms with van der Waals surface area (Å²) in [6.07, 6.45) is 0. The van der Waals surface area contributed by atoms with Gasteiger partial charge in [-0.15, -0.1) is 0 Å². The Kier molecular flexibility index (Phi) is 4.15. The van der Waals surface area contributed by atoms with E-state index in [0.29, 0.717) is 11.4 Å². The van der Waals surface area contributed by atoms with Gasteiger partial charge in [-0.25, -0.2) is 0 Å². The second-order valence-electron chi connectivity index (χ2n) is 4.53. The minimum atomic E-state index is 0.585. The van der Waals surface area contributed by atoms with E-state index in [4.69, 9.17) is 10.4 Å². The van der Waals surface area contributed by atoms with E-state index in [1.807, 2.05) is 48.5 Å². The molecule has 0 unspecified atom stereocenters. The summed E-state index contributed by atoms with van der Waals surface area (Å²) in [6.45, 7) is 3.50. The highest BCUT2D eigenvalue weighted by Gasteiger charge is 2.02. The molecule has 0 aliphatic rings. The molecule has 0 aliphatic heterocycles. The lowest BCUT2D eigenvalue weighted by atomic mass is 10.0. The van der Waals surface area contributed by atoms with E-state index in [0.717, 1.165) is 22.3 Å². The van der Waals surface area contributed by atoms with Crippen LogP contribution in [-0.4, -0.2) is 21.8 Å². The average Bonchev–Trinajstić information content (AvgIpc) is 2.53. The van der Waals surface area contributed by atoms with Crippen molar-refractivity contribution in [3.05, 3.63) is 59.7 Å². The first-order valence-electron chi connectivity index (χ1n) is 6.24. The highest BCUT2D eigenvalue weighted by Crippen LogP contribution is 2.21. The molecule has 0 aromatic heterocycles. The van der Waals surface area contributed by atoms with Gasteiger partial charge in [-0.05, 0) is 36.1 Å². The van der Waals surface area contributed by atoms with Gasteiger partial charge < -0.3 is 10.4 Å². The summed E-state index contributed by atoms with van der Waals surface area (Å²) in [6, 6.07) is 15.6. The summed E-state index contributed by atoms with van der Waals surface area (Å²) in [4.78, 5) is 0. The van der Waals surface area contributed by atoms with Crippen LogP contribution in [-0.2, 0) is 0 Å². The summed E-state index contributed by atoms with van der Waals surface area (Å²) in [5.41, 5.74) is 5.09. The number of hydrogen-bond donors (Lipinski definition) is 2. The molecule has 20 heavy (non-hydrogen) atoms. The number of rotatable bonds is 3. The quantitative estimate of drug-likeness (QED) is 0.506. The van der Waals surface area contributed by atoms with Gasteiger partial charge in [0.15, 0.2) is 0 Å². The monoisotopic (exact) mass is 268 g/mol. The molecule has 0 saturated carbocycles. The zero-order chi connectivity index (χ0) is 14.5. The fourth-order valence-corrected chi connectivity index (χ4v) is 1.92. The Balaban J connectivity index is 2.28. The zero-order valence-electron chi connectivity index (χ0n) is 11.4. The Bertz CT molecular complexity index is 582. The van der Waals surface area contributed by atoms with E-state index in [-0.39, 0.29) is 0 Å². The number of oxime groups is 2. The van der Waals surface area contributed by atoms with Gasteiger partial charge in [0.1, 0.15) is 0 Å². The molecule has 2 aromatic carbocycles. The van der Waals surface area contributed by atoms with Crippen molar-refractivity contribution in [3.8, 4) is 11.1 Å². The van der Waals surface area contributed by atoms with Gasteiger partial charge in [0, 0.05) is 0 Å². The van der Waals surface area contributed by atoms with Gasteiger partial charge in [0.25, 0.3) is 0 Å². The molecule has 4 heteroatoms. The molecule has 2 rings (SSSR count). The Labute approximate surface area is 117 Å².